The van der Waals surface area contributed by atoms with Crippen molar-refractivity contribution >= 4 is 33.2 Å². The Hall–Kier alpha value is -2.98. The largest absolute Gasteiger partial charge is 0.479 e. The third-order valence-electron chi connectivity index (χ3n) is 6.03. The molecule has 0 aliphatic carbocycles. The minimum atomic E-state index is -3.90. The van der Waals surface area contributed by atoms with Gasteiger partial charge in [-0.2, -0.15) is 4.31 Å². The number of hydrogen-bond donors (Lipinski definition) is 2. The van der Waals surface area contributed by atoms with Crippen molar-refractivity contribution in [3.05, 3.63) is 47.3 Å². The first kappa shape index (κ1) is 23.2. The number of carbonyl (C=O) groups excluding carboxylic acids is 2. The zero-order valence-corrected chi connectivity index (χ0v) is 19.5. The third kappa shape index (κ3) is 4.58. The smallest absolute Gasteiger partial charge is 0.265 e. The Labute approximate surface area is 192 Å². The van der Waals surface area contributed by atoms with Crippen molar-refractivity contribution in [1.29, 1.82) is 0 Å². The zero-order chi connectivity index (χ0) is 23.9. The fourth-order valence-corrected chi connectivity index (χ4v) is 5.88. The normalized spacial score (nSPS) is 21.0. The molecule has 2 aliphatic rings. The molecule has 2 N–H and O–H groups in total. The van der Waals surface area contributed by atoms with Crippen LogP contribution in [0.25, 0.3) is 0 Å². The van der Waals surface area contributed by atoms with Crippen LogP contribution < -0.4 is 15.4 Å². The lowest BCUT2D eigenvalue weighted by molar-refractivity contribution is -0.123. The van der Waals surface area contributed by atoms with Gasteiger partial charge in [-0.05, 0) is 69.0 Å². The number of halogens is 1. The molecule has 0 radical (unpaired) electrons. The Bertz CT molecular complexity index is 1230. The average molecular weight is 476 g/mol. The number of nitrogens with zero attached hydrogens (tertiary/aromatic N) is 1. The molecule has 2 aromatic rings. The van der Waals surface area contributed by atoms with Crippen LogP contribution in [0.4, 0.5) is 15.8 Å². The lowest BCUT2D eigenvalue weighted by atomic mass is 9.98. The Kier molecular flexibility index (Phi) is 6.15. The van der Waals surface area contributed by atoms with Crippen molar-refractivity contribution < 1.29 is 27.1 Å². The Balaban J connectivity index is 1.54. The Morgan fingerprint density at radius 1 is 1.21 bits per heavy atom. The molecule has 2 aromatic carbocycles. The van der Waals surface area contributed by atoms with Gasteiger partial charge in [0.25, 0.3) is 5.91 Å². The number of nitrogens with one attached hydrogen (secondary N) is 2. The van der Waals surface area contributed by atoms with Gasteiger partial charge in [0.1, 0.15) is 11.6 Å². The number of amides is 2. The summed E-state index contributed by atoms with van der Waals surface area (Å²) < 4.78 is 47.2. The van der Waals surface area contributed by atoms with E-state index in [4.69, 9.17) is 4.74 Å². The second kappa shape index (κ2) is 8.75. The summed E-state index contributed by atoms with van der Waals surface area (Å²) in [6.07, 6.45) is 0.357. The summed E-state index contributed by atoms with van der Waals surface area (Å²) in [5.74, 6) is -1.22. The van der Waals surface area contributed by atoms with Gasteiger partial charge in [0.05, 0.1) is 16.5 Å². The fourth-order valence-electron chi connectivity index (χ4n) is 4.14. The standard InChI is InChI=1S/C23H26FN3O5S/c1-13-9-17(24)6-7-18(13)25-23(29)16-5-4-8-27(12-16)33(30,31)21-11-20-19(10-14(21)2)26-22(28)15(3)32-20/h6-7,9-11,15-16H,4-5,8,12H2,1-3H3,(H,25,29)(H,26,28)/t15-,16+/m0/s1. The third-order valence-corrected chi connectivity index (χ3v) is 8.03. The molecular formula is C23H26FN3O5S. The Morgan fingerprint density at radius 3 is 2.70 bits per heavy atom. The molecule has 2 amide bonds. The van der Waals surface area contributed by atoms with Crippen LogP contribution in [0.15, 0.2) is 35.2 Å². The van der Waals surface area contributed by atoms with Crippen LogP contribution in [0, 0.1) is 25.6 Å². The molecule has 33 heavy (non-hydrogen) atoms. The summed E-state index contributed by atoms with van der Waals surface area (Å²) in [6.45, 7) is 5.28. The summed E-state index contributed by atoms with van der Waals surface area (Å²) in [7, 11) is -3.90. The number of fused-ring (bicyclic) bond motifs is 1. The van der Waals surface area contributed by atoms with Crippen molar-refractivity contribution in [3.63, 3.8) is 0 Å². The van der Waals surface area contributed by atoms with Crippen LogP contribution in [0.3, 0.4) is 0 Å². The van der Waals surface area contributed by atoms with Crippen LogP contribution in [-0.2, 0) is 19.6 Å². The number of benzene rings is 2. The van der Waals surface area contributed by atoms with Gasteiger partial charge in [-0.3, -0.25) is 9.59 Å². The van der Waals surface area contributed by atoms with Crippen LogP contribution in [0.5, 0.6) is 5.75 Å². The number of rotatable bonds is 4. The molecule has 10 heteroatoms. The first-order valence-electron chi connectivity index (χ1n) is 10.8. The molecule has 0 aromatic heterocycles. The van der Waals surface area contributed by atoms with E-state index in [1.165, 1.54) is 28.6 Å². The van der Waals surface area contributed by atoms with Gasteiger partial charge in [-0.25, -0.2) is 12.8 Å². The molecule has 2 atom stereocenters. The van der Waals surface area contributed by atoms with Gasteiger partial charge in [0, 0.05) is 24.8 Å². The van der Waals surface area contributed by atoms with Gasteiger partial charge in [0.15, 0.2) is 6.10 Å². The van der Waals surface area contributed by atoms with Crippen molar-refractivity contribution in [2.45, 2.75) is 44.6 Å². The quantitative estimate of drug-likeness (QED) is 0.707. The van der Waals surface area contributed by atoms with E-state index in [-0.39, 0.29) is 23.3 Å². The van der Waals surface area contributed by atoms with Crippen molar-refractivity contribution in [2.75, 3.05) is 23.7 Å². The number of piperidine rings is 1. The van der Waals surface area contributed by atoms with Crippen molar-refractivity contribution in [2.24, 2.45) is 5.92 Å². The molecule has 0 spiro atoms. The minimum Gasteiger partial charge on any atom is -0.479 e. The lowest BCUT2D eigenvalue weighted by Crippen LogP contribution is -2.44. The fraction of sp³-hybridized carbons (Fsp3) is 0.391. The van der Waals surface area contributed by atoms with E-state index in [0.29, 0.717) is 47.6 Å². The molecule has 4 rings (SSSR count). The molecule has 176 valence electrons. The number of hydrogen-bond acceptors (Lipinski definition) is 5. The highest BCUT2D eigenvalue weighted by Gasteiger charge is 2.35. The summed E-state index contributed by atoms with van der Waals surface area (Å²) in [4.78, 5) is 24.8. The van der Waals surface area contributed by atoms with Crippen LogP contribution >= 0.6 is 0 Å². The predicted molar refractivity (Wildman–Crippen MR) is 121 cm³/mol. The van der Waals surface area contributed by atoms with Crippen LogP contribution in [0.1, 0.15) is 30.9 Å². The average Bonchev–Trinajstić information content (AvgIpc) is 2.76. The molecule has 2 heterocycles. The summed E-state index contributed by atoms with van der Waals surface area (Å²) >= 11 is 0. The maximum Gasteiger partial charge on any atom is 0.265 e. The van der Waals surface area contributed by atoms with Crippen LogP contribution in [0.2, 0.25) is 0 Å². The number of sulfonamides is 1. The maximum atomic E-state index is 13.5. The second-order valence-electron chi connectivity index (χ2n) is 8.51. The first-order valence-corrected chi connectivity index (χ1v) is 12.2. The maximum absolute atomic E-state index is 13.5. The molecule has 0 saturated carbocycles. The predicted octanol–water partition coefficient (Wildman–Crippen LogP) is 3.20. The van der Waals surface area contributed by atoms with E-state index in [1.54, 1.807) is 26.8 Å². The molecular weight excluding hydrogens is 449 g/mol. The minimum absolute atomic E-state index is 0.0406. The van der Waals surface area contributed by atoms with E-state index in [2.05, 4.69) is 10.6 Å². The monoisotopic (exact) mass is 475 g/mol. The van der Waals surface area contributed by atoms with Crippen molar-refractivity contribution in [3.8, 4) is 5.75 Å². The highest BCUT2D eigenvalue weighted by molar-refractivity contribution is 7.89. The summed E-state index contributed by atoms with van der Waals surface area (Å²) in [5, 5.41) is 5.51. The number of anilines is 2. The van der Waals surface area contributed by atoms with E-state index in [9.17, 15) is 22.4 Å². The van der Waals surface area contributed by atoms with E-state index in [1.807, 2.05) is 0 Å². The lowest BCUT2D eigenvalue weighted by Gasteiger charge is -2.32. The highest BCUT2D eigenvalue weighted by Crippen LogP contribution is 2.36. The molecule has 0 unspecified atom stereocenters. The zero-order valence-electron chi connectivity index (χ0n) is 18.6. The molecule has 2 aliphatic heterocycles. The number of aryl methyl sites for hydroxylation is 2. The number of carbonyl (C=O) groups is 2. The second-order valence-corrected chi connectivity index (χ2v) is 10.4. The summed E-state index contributed by atoms with van der Waals surface area (Å²) in [5.41, 5.74) is 2.00. The van der Waals surface area contributed by atoms with Gasteiger partial charge in [0.2, 0.25) is 15.9 Å². The van der Waals surface area contributed by atoms with Gasteiger partial charge in [-0.1, -0.05) is 0 Å². The van der Waals surface area contributed by atoms with E-state index < -0.39 is 27.9 Å². The SMILES string of the molecule is Cc1cc(F)ccc1NC(=O)[C@@H]1CCCN(S(=O)(=O)c2cc3c(cc2C)NC(=O)[C@H](C)O3)C1. The molecule has 0 bridgehead atoms. The first-order chi connectivity index (χ1) is 15.6. The van der Waals surface area contributed by atoms with Crippen molar-refractivity contribution in [1.82, 2.24) is 4.31 Å². The summed E-state index contributed by atoms with van der Waals surface area (Å²) in [6, 6.07) is 7.11. The van der Waals surface area contributed by atoms with Gasteiger partial charge >= 0.3 is 0 Å². The molecule has 8 nitrogen and oxygen atoms in total. The van der Waals surface area contributed by atoms with Gasteiger partial charge in [-0.15, -0.1) is 0 Å². The van der Waals surface area contributed by atoms with Gasteiger partial charge < -0.3 is 15.4 Å². The Morgan fingerprint density at radius 2 is 1.97 bits per heavy atom. The molecule has 1 saturated heterocycles. The topological polar surface area (TPSA) is 105 Å². The van der Waals surface area contributed by atoms with E-state index >= 15 is 0 Å². The van der Waals surface area contributed by atoms with Crippen LogP contribution in [-0.4, -0.2) is 43.7 Å². The number of ether oxygens (including phenoxy) is 1. The van der Waals surface area contributed by atoms with E-state index in [0.717, 1.165) is 0 Å². The highest BCUT2D eigenvalue weighted by atomic mass is 32.2. The molecule has 1 fully saturated rings.